The van der Waals surface area contributed by atoms with Gasteiger partial charge in [0.2, 0.25) is 0 Å². The molecular formula is C17H20N2O3. The summed E-state index contributed by atoms with van der Waals surface area (Å²) < 4.78 is 5.62. The molecule has 0 aliphatic rings. The lowest BCUT2D eigenvalue weighted by Gasteiger charge is -2.17. The Balaban J connectivity index is 1.72. The number of rotatable bonds is 7. The van der Waals surface area contributed by atoms with E-state index in [0.29, 0.717) is 5.56 Å². The van der Waals surface area contributed by atoms with Crippen molar-refractivity contribution in [3.63, 3.8) is 0 Å². The summed E-state index contributed by atoms with van der Waals surface area (Å²) in [4.78, 5) is 15.7. The van der Waals surface area contributed by atoms with E-state index in [0.717, 1.165) is 5.56 Å². The lowest BCUT2D eigenvalue weighted by Crippen LogP contribution is -2.34. The molecule has 5 heteroatoms. The molecule has 0 aliphatic heterocycles. The molecule has 116 valence electrons. The predicted octanol–water partition coefficient (Wildman–Crippen LogP) is 1.95. The Bertz CT molecular complexity index is 575. The number of ether oxygens (including phenoxy) is 1. The summed E-state index contributed by atoms with van der Waals surface area (Å²) in [5.41, 5.74) is 1.57. The Hall–Kier alpha value is -2.24. The monoisotopic (exact) mass is 300 g/mol. The second-order valence-electron chi connectivity index (χ2n) is 4.99. The molecule has 2 N–H and O–H groups in total. The van der Waals surface area contributed by atoms with Crippen molar-refractivity contribution in [2.45, 2.75) is 19.1 Å². The average molecular weight is 300 g/mol. The first-order valence-electron chi connectivity index (χ1n) is 7.19. The molecule has 2 atom stereocenters. The third kappa shape index (κ3) is 4.95. The van der Waals surface area contributed by atoms with E-state index in [9.17, 15) is 9.90 Å². The zero-order chi connectivity index (χ0) is 15.8. The van der Waals surface area contributed by atoms with E-state index in [1.807, 2.05) is 37.3 Å². The Morgan fingerprint density at radius 2 is 1.91 bits per heavy atom. The van der Waals surface area contributed by atoms with E-state index in [-0.39, 0.29) is 25.2 Å². The van der Waals surface area contributed by atoms with Crippen LogP contribution in [0.15, 0.2) is 54.9 Å². The smallest absolute Gasteiger partial charge is 0.251 e. The van der Waals surface area contributed by atoms with Crippen LogP contribution in [-0.2, 0) is 4.74 Å². The molecule has 1 aromatic carbocycles. The fourth-order valence-corrected chi connectivity index (χ4v) is 1.95. The van der Waals surface area contributed by atoms with Gasteiger partial charge in [0.15, 0.2) is 0 Å². The Kier molecular flexibility index (Phi) is 6.06. The van der Waals surface area contributed by atoms with Gasteiger partial charge in [-0.3, -0.25) is 9.78 Å². The number of aliphatic hydroxyl groups excluding tert-OH is 1. The van der Waals surface area contributed by atoms with E-state index in [4.69, 9.17) is 4.74 Å². The number of aromatic nitrogens is 1. The van der Waals surface area contributed by atoms with Crippen molar-refractivity contribution in [1.29, 1.82) is 0 Å². The number of nitrogens with zero attached hydrogens (tertiary/aromatic N) is 1. The van der Waals surface area contributed by atoms with Crippen LogP contribution in [0.3, 0.4) is 0 Å². The molecule has 0 radical (unpaired) electrons. The predicted molar refractivity (Wildman–Crippen MR) is 83.4 cm³/mol. The van der Waals surface area contributed by atoms with Crippen molar-refractivity contribution in [2.75, 3.05) is 13.2 Å². The van der Waals surface area contributed by atoms with E-state index in [1.165, 1.54) is 0 Å². The van der Waals surface area contributed by atoms with Gasteiger partial charge in [-0.25, -0.2) is 0 Å². The molecule has 0 saturated heterocycles. The first-order valence-corrected chi connectivity index (χ1v) is 7.19. The van der Waals surface area contributed by atoms with Crippen LogP contribution in [0, 0.1) is 0 Å². The molecular weight excluding hydrogens is 280 g/mol. The molecule has 0 fully saturated rings. The summed E-state index contributed by atoms with van der Waals surface area (Å²) >= 11 is 0. The molecule has 2 rings (SSSR count). The third-order valence-corrected chi connectivity index (χ3v) is 3.25. The number of amides is 1. The minimum atomic E-state index is -0.753. The summed E-state index contributed by atoms with van der Waals surface area (Å²) in [6, 6.07) is 13.0. The highest BCUT2D eigenvalue weighted by Gasteiger charge is 2.11. The van der Waals surface area contributed by atoms with Gasteiger partial charge in [0.1, 0.15) is 0 Å². The lowest BCUT2D eigenvalue weighted by atomic mass is 10.1. The van der Waals surface area contributed by atoms with Crippen LogP contribution in [0.4, 0.5) is 0 Å². The van der Waals surface area contributed by atoms with E-state index >= 15 is 0 Å². The summed E-state index contributed by atoms with van der Waals surface area (Å²) in [5, 5.41) is 12.6. The maximum atomic E-state index is 11.8. The summed E-state index contributed by atoms with van der Waals surface area (Å²) in [7, 11) is 0. The molecule has 0 aliphatic carbocycles. The van der Waals surface area contributed by atoms with Crippen molar-refractivity contribution in [2.24, 2.45) is 0 Å². The van der Waals surface area contributed by atoms with Gasteiger partial charge in [-0.1, -0.05) is 30.3 Å². The van der Waals surface area contributed by atoms with Crippen molar-refractivity contribution < 1.29 is 14.6 Å². The topological polar surface area (TPSA) is 71.5 Å². The largest absolute Gasteiger partial charge is 0.389 e. The number of carbonyl (C=O) groups excluding carboxylic acids is 1. The second-order valence-corrected chi connectivity index (χ2v) is 4.99. The summed E-state index contributed by atoms with van der Waals surface area (Å²) in [5.74, 6) is -0.238. The molecule has 2 aromatic rings. The zero-order valence-electron chi connectivity index (χ0n) is 12.5. The van der Waals surface area contributed by atoms with Crippen molar-refractivity contribution in [3.05, 3.63) is 66.0 Å². The van der Waals surface area contributed by atoms with Crippen LogP contribution in [0.1, 0.15) is 28.9 Å². The van der Waals surface area contributed by atoms with Crippen LogP contribution in [-0.4, -0.2) is 35.3 Å². The van der Waals surface area contributed by atoms with Crippen LogP contribution < -0.4 is 5.32 Å². The van der Waals surface area contributed by atoms with Gasteiger partial charge in [-0.2, -0.15) is 0 Å². The summed E-state index contributed by atoms with van der Waals surface area (Å²) in [6.07, 6.45) is 2.25. The van der Waals surface area contributed by atoms with Gasteiger partial charge in [-0.05, 0) is 24.6 Å². The zero-order valence-corrected chi connectivity index (χ0v) is 12.5. The number of carbonyl (C=O) groups is 1. The number of aliphatic hydroxyl groups is 1. The number of benzene rings is 1. The Labute approximate surface area is 130 Å². The number of hydrogen-bond donors (Lipinski definition) is 2. The fourth-order valence-electron chi connectivity index (χ4n) is 1.95. The normalized spacial score (nSPS) is 13.4. The second kappa shape index (κ2) is 8.26. The number of hydrogen-bond acceptors (Lipinski definition) is 4. The van der Waals surface area contributed by atoms with Crippen LogP contribution in [0.5, 0.6) is 0 Å². The molecule has 0 spiro atoms. The first-order chi connectivity index (χ1) is 10.7. The van der Waals surface area contributed by atoms with Gasteiger partial charge in [0.25, 0.3) is 5.91 Å². The van der Waals surface area contributed by atoms with Crippen molar-refractivity contribution >= 4 is 5.91 Å². The van der Waals surface area contributed by atoms with E-state index in [2.05, 4.69) is 10.3 Å². The Morgan fingerprint density at radius 3 is 2.59 bits per heavy atom. The molecule has 0 unspecified atom stereocenters. The summed E-state index contributed by atoms with van der Waals surface area (Å²) in [6.45, 7) is 2.23. The lowest BCUT2D eigenvalue weighted by molar-refractivity contribution is -0.00171. The van der Waals surface area contributed by atoms with Gasteiger partial charge in [-0.15, -0.1) is 0 Å². The highest BCUT2D eigenvalue weighted by Crippen LogP contribution is 2.15. The van der Waals surface area contributed by atoms with Crippen LogP contribution in [0.2, 0.25) is 0 Å². The minimum Gasteiger partial charge on any atom is -0.389 e. The molecule has 1 amide bonds. The fraction of sp³-hybridized carbons (Fsp3) is 0.294. The third-order valence-electron chi connectivity index (χ3n) is 3.25. The molecule has 0 saturated carbocycles. The SMILES string of the molecule is C[C@H](OC[C@@H](O)CNC(=O)c1ccncc1)c1ccccc1. The van der Waals surface area contributed by atoms with Crippen LogP contribution >= 0.6 is 0 Å². The standard InChI is InChI=1S/C17H20N2O3/c1-13(14-5-3-2-4-6-14)22-12-16(20)11-19-17(21)15-7-9-18-10-8-15/h2-10,13,16,20H,11-12H2,1H3,(H,19,21)/t13-,16-/m0/s1. The van der Waals surface area contributed by atoms with Crippen LogP contribution in [0.25, 0.3) is 0 Å². The van der Waals surface area contributed by atoms with Gasteiger partial charge in [0, 0.05) is 24.5 Å². The molecule has 5 nitrogen and oxygen atoms in total. The van der Waals surface area contributed by atoms with Crippen molar-refractivity contribution in [3.8, 4) is 0 Å². The average Bonchev–Trinajstić information content (AvgIpc) is 2.59. The maximum Gasteiger partial charge on any atom is 0.251 e. The molecule has 0 bridgehead atoms. The quantitative estimate of drug-likeness (QED) is 0.820. The van der Waals surface area contributed by atoms with Gasteiger partial charge < -0.3 is 15.2 Å². The minimum absolute atomic E-state index is 0.105. The molecule has 1 aromatic heterocycles. The number of pyridine rings is 1. The highest BCUT2D eigenvalue weighted by molar-refractivity contribution is 5.93. The maximum absolute atomic E-state index is 11.8. The first kappa shape index (κ1) is 16.1. The molecule has 1 heterocycles. The highest BCUT2D eigenvalue weighted by atomic mass is 16.5. The number of nitrogens with one attached hydrogen (secondary N) is 1. The van der Waals surface area contributed by atoms with E-state index in [1.54, 1.807) is 24.5 Å². The van der Waals surface area contributed by atoms with Gasteiger partial charge >= 0.3 is 0 Å². The molecule has 22 heavy (non-hydrogen) atoms. The van der Waals surface area contributed by atoms with Crippen molar-refractivity contribution in [1.82, 2.24) is 10.3 Å². The Morgan fingerprint density at radius 1 is 1.23 bits per heavy atom. The van der Waals surface area contributed by atoms with E-state index < -0.39 is 6.10 Å². The van der Waals surface area contributed by atoms with Gasteiger partial charge in [0.05, 0.1) is 18.8 Å².